The van der Waals surface area contributed by atoms with Crippen molar-refractivity contribution in [1.82, 2.24) is 4.90 Å². The summed E-state index contributed by atoms with van der Waals surface area (Å²) in [5.41, 5.74) is 5.44. The fourth-order valence-electron chi connectivity index (χ4n) is 2.19. The molecule has 0 spiro atoms. The molecule has 17 heavy (non-hydrogen) atoms. The van der Waals surface area contributed by atoms with Crippen LogP contribution in [0.15, 0.2) is 22.8 Å². The standard InChI is InChI=1S/C13H22N2O2/c14-6-2-10-16-12-4-7-15(8-5-12)11-13-3-1-9-17-13/h1,3,9,12H,2,4-8,10-11,14H2. The monoisotopic (exact) mass is 238 g/mol. The van der Waals surface area contributed by atoms with Gasteiger partial charge in [0.2, 0.25) is 0 Å². The predicted octanol–water partition coefficient (Wildman–Crippen LogP) is 1.61. The number of likely N-dealkylation sites (tertiary alicyclic amines) is 1. The van der Waals surface area contributed by atoms with E-state index in [0.29, 0.717) is 6.10 Å². The van der Waals surface area contributed by atoms with Gasteiger partial charge in [0.25, 0.3) is 0 Å². The van der Waals surface area contributed by atoms with Gasteiger partial charge in [0, 0.05) is 19.7 Å². The Morgan fingerprint density at radius 1 is 1.41 bits per heavy atom. The Kier molecular flexibility index (Phi) is 5.04. The molecule has 0 amide bonds. The van der Waals surface area contributed by atoms with Gasteiger partial charge in [-0.3, -0.25) is 4.90 Å². The highest BCUT2D eigenvalue weighted by Gasteiger charge is 2.19. The van der Waals surface area contributed by atoms with E-state index in [0.717, 1.165) is 57.8 Å². The highest BCUT2D eigenvalue weighted by Crippen LogP contribution is 2.16. The molecule has 0 bridgehead atoms. The Hall–Kier alpha value is -0.840. The molecule has 1 aromatic rings. The summed E-state index contributed by atoms with van der Waals surface area (Å²) in [6, 6.07) is 3.97. The topological polar surface area (TPSA) is 51.6 Å². The first-order valence-electron chi connectivity index (χ1n) is 6.45. The van der Waals surface area contributed by atoms with Gasteiger partial charge in [-0.1, -0.05) is 0 Å². The number of piperidine rings is 1. The van der Waals surface area contributed by atoms with Gasteiger partial charge in [0.1, 0.15) is 5.76 Å². The fourth-order valence-corrected chi connectivity index (χ4v) is 2.19. The molecule has 0 saturated carbocycles. The molecule has 2 N–H and O–H groups in total. The van der Waals surface area contributed by atoms with Crippen LogP contribution in [0.2, 0.25) is 0 Å². The molecule has 0 atom stereocenters. The molecule has 2 heterocycles. The van der Waals surface area contributed by atoms with Crippen LogP contribution < -0.4 is 5.73 Å². The van der Waals surface area contributed by atoms with E-state index in [1.165, 1.54) is 0 Å². The minimum absolute atomic E-state index is 0.425. The average molecular weight is 238 g/mol. The first-order chi connectivity index (χ1) is 8.38. The smallest absolute Gasteiger partial charge is 0.117 e. The van der Waals surface area contributed by atoms with Crippen molar-refractivity contribution in [3.05, 3.63) is 24.2 Å². The first kappa shape index (κ1) is 12.6. The zero-order valence-electron chi connectivity index (χ0n) is 10.3. The minimum Gasteiger partial charge on any atom is -0.468 e. The normalized spacial score (nSPS) is 18.6. The van der Waals surface area contributed by atoms with Gasteiger partial charge in [-0.05, 0) is 37.9 Å². The van der Waals surface area contributed by atoms with Crippen molar-refractivity contribution in [2.24, 2.45) is 5.73 Å². The SMILES string of the molecule is NCCCOC1CCN(Cc2ccco2)CC1. The summed E-state index contributed by atoms with van der Waals surface area (Å²) in [6.45, 7) is 4.63. The second-order valence-electron chi connectivity index (χ2n) is 4.57. The summed E-state index contributed by atoms with van der Waals surface area (Å²) >= 11 is 0. The summed E-state index contributed by atoms with van der Waals surface area (Å²) in [5, 5.41) is 0. The van der Waals surface area contributed by atoms with E-state index in [2.05, 4.69) is 4.90 Å². The van der Waals surface area contributed by atoms with Gasteiger partial charge in [0.05, 0.1) is 18.9 Å². The number of ether oxygens (including phenoxy) is 1. The van der Waals surface area contributed by atoms with Gasteiger partial charge >= 0.3 is 0 Å². The Labute approximate surface area is 103 Å². The van der Waals surface area contributed by atoms with E-state index in [9.17, 15) is 0 Å². The number of furan rings is 1. The molecule has 2 rings (SSSR count). The lowest BCUT2D eigenvalue weighted by Gasteiger charge is -2.31. The Bertz CT molecular complexity index is 292. The van der Waals surface area contributed by atoms with Gasteiger partial charge in [0.15, 0.2) is 0 Å². The molecule has 4 nitrogen and oxygen atoms in total. The molecule has 1 aliphatic rings. The third-order valence-corrected chi connectivity index (χ3v) is 3.20. The molecule has 1 aliphatic heterocycles. The largest absolute Gasteiger partial charge is 0.468 e. The van der Waals surface area contributed by atoms with Crippen LogP contribution in [0.4, 0.5) is 0 Å². The van der Waals surface area contributed by atoms with E-state index in [-0.39, 0.29) is 0 Å². The molecule has 1 aromatic heterocycles. The van der Waals surface area contributed by atoms with Crippen LogP contribution in [0.1, 0.15) is 25.0 Å². The predicted molar refractivity (Wildman–Crippen MR) is 66.6 cm³/mol. The van der Waals surface area contributed by atoms with Crippen molar-refractivity contribution in [3.63, 3.8) is 0 Å². The van der Waals surface area contributed by atoms with Crippen LogP contribution in [0.3, 0.4) is 0 Å². The van der Waals surface area contributed by atoms with Crippen molar-refractivity contribution >= 4 is 0 Å². The lowest BCUT2D eigenvalue weighted by Crippen LogP contribution is -2.36. The highest BCUT2D eigenvalue weighted by molar-refractivity contribution is 4.98. The van der Waals surface area contributed by atoms with Gasteiger partial charge in [-0.2, -0.15) is 0 Å². The molecule has 96 valence electrons. The number of nitrogens with zero attached hydrogens (tertiary/aromatic N) is 1. The van der Waals surface area contributed by atoms with E-state index < -0.39 is 0 Å². The van der Waals surface area contributed by atoms with E-state index in [4.69, 9.17) is 14.9 Å². The van der Waals surface area contributed by atoms with Crippen LogP contribution in [-0.4, -0.2) is 37.2 Å². The third kappa shape index (κ3) is 4.15. The average Bonchev–Trinajstić information content (AvgIpc) is 2.85. The van der Waals surface area contributed by atoms with Crippen molar-refractivity contribution in [3.8, 4) is 0 Å². The summed E-state index contributed by atoms with van der Waals surface area (Å²) in [4.78, 5) is 2.42. The lowest BCUT2D eigenvalue weighted by molar-refractivity contribution is 0.00446. The first-order valence-corrected chi connectivity index (χ1v) is 6.45. The number of hydrogen-bond donors (Lipinski definition) is 1. The summed E-state index contributed by atoms with van der Waals surface area (Å²) in [6.07, 6.45) is 5.36. The van der Waals surface area contributed by atoms with Gasteiger partial charge < -0.3 is 14.9 Å². The lowest BCUT2D eigenvalue weighted by atomic mass is 10.1. The van der Waals surface area contributed by atoms with Crippen molar-refractivity contribution in [2.45, 2.75) is 31.9 Å². The van der Waals surface area contributed by atoms with Crippen molar-refractivity contribution in [1.29, 1.82) is 0 Å². The molecule has 0 unspecified atom stereocenters. The van der Waals surface area contributed by atoms with Crippen molar-refractivity contribution in [2.75, 3.05) is 26.2 Å². The van der Waals surface area contributed by atoms with Crippen LogP contribution >= 0.6 is 0 Å². The molecule has 4 heteroatoms. The van der Waals surface area contributed by atoms with Gasteiger partial charge in [-0.25, -0.2) is 0 Å². The molecule has 1 fully saturated rings. The number of nitrogens with two attached hydrogens (primary N) is 1. The van der Waals surface area contributed by atoms with Gasteiger partial charge in [-0.15, -0.1) is 0 Å². The second-order valence-corrected chi connectivity index (χ2v) is 4.57. The molecular formula is C13H22N2O2. The maximum Gasteiger partial charge on any atom is 0.117 e. The van der Waals surface area contributed by atoms with E-state index in [1.807, 2.05) is 12.1 Å². The molecular weight excluding hydrogens is 216 g/mol. The zero-order valence-corrected chi connectivity index (χ0v) is 10.3. The summed E-state index contributed by atoms with van der Waals surface area (Å²) in [5.74, 6) is 1.05. The fraction of sp³-hybridized carbons (Fsp3) is 0.692. The Balaban J connectivity index is 1.64. The Morgan fingerprint density at radius 3 is 2.88 bits per heavy atom. The minimum atomic E-state index is 0.425. The van der Waals surface area contributed by atoms with Crippen LogP contribution in [0, 0.1) is 0 Å². The van der Waals surface area contributed by atoms with E-state index >= 15 is 0 Å². The van der Waals surface area contributed by atoms with Crippen LogP contribution in [0.5, 0.6) is 0 Å². The molecule has 0 aliphatic carbocycles. The molecule has 0 radical (unpaired) electrons. The van der Waals surface area contributed by atoms with Crippen LogP contribution in [0.25, 0.3) is 0 Å². The summed E-state index contributed by atoms with van der Waals surface area (Å²) < 4.78 is 11.1. The third-order valence-electron chi connectivity index (χ3n) is 3.20. The number of rotatable bonds is 6. The van der Waals surface area contributed by atoms with Crippen molar-refractivity contribution < 1.29 is 9.15 Å². The number of hydrogen-bond acceptors (Lipinski definition) is 4. The second kappa shape index (κ2) is 6.79. The summed E-state index contributed by atoms with van der Waals surface area (Å²) in [7, 11) is 0. The Morgan fingerprint density at radius 2 is 2.24 bits per heavy atom. The maximum atomic E-state index is 5.78. The molecule has 0 aromatic carbocycles. The van der Waals surface area contributed by atoms with Crippen LogP contribution in [-0.2, 0) is 11.3 Å². The molecule has 1 saturated heterocycles. The van der Waals surface area contributed by atoms with E-state index in [1.54, 1.807) is 6.26 Å². The zero-order chi connectivity index (χ0) is 11.9. The maximum absolute atomic E-state index is 5.78. The highest BCUT2D eigenvalue weighted by atomic mass is 16.5. The quantitative estimate of drug-likeness (QED) is 0.765.